The summed E-state index contributed by atoms with van der Waals surface area (Å²) in [4.78, 5) is 95.7. The first-order valence-corrected chi connectivity index (χ1v) is 20.5. The number of rotatable bonds is 22. The molecule has 1 saturated heterocycles. The Hall–Kier alpha value is -4.91. The fraction of sp³-hybridized carbons (Fsp3) is 0.634. The van der Waals surface area contributed by atoms with Gasteiger partial charge in [-0.1, -0.05) is 46.8 Å². The number of likely N-dealkylation sites (N-methyl/N-ethyl adjacent to an activating group) is 1. The van der Waals surface area contributed by atoms with Gasteiger partial charge in [0.05, 0.1) is 24.2 Å². The van der Waals surface area contributed by atoms with Crippen LogP contribution in [0.3, 0.4) is 0 Å². The van der Waals surface area contributed by atoms with E-state index in [9.17, 15) is 29.1 Å². The van der Waals surface area contributed by atoms with Crippen molar-refractivity contribution >= 4 is 52.2 Å². The molecule has 1 fully saturated rings. The largest absolute Gasteiger partial charge is 0.479 e. The molecule has 4 amide bonds. The van der Waals surface area contributed by atoms with Crippen molar-refractivity contribution in [1.82, 2.24) is 25.4 Å². The predicted octanol–water partition coefficient (Wildman–Crippen LogP) is 0.451. The van der Waals surface area contributed by atoms with Gasteiger partial charge in [0.2, 0.25) is 29.2 Å². The number of ketones is 1. The van der Waals surface area contributed by atoms with Crippen LogP contribution in [0.2, 0.25) is 0 Å². The number of nitrogens with zero attached hydrogens (tertiary/aromatic N) is 3. The van der Waals surface area contributed by atoms with E-state index in [1.54, 1.807) is 60.0 Å². The summed E-state index contributed by atoms with van der Waals surface area (Å²) < 4.78 is 0. The molecular weight excluding hydrogens is 759 g/mol. The number of fused-ring (bicyclic) bond motifs is 1. The summed E-state index contributed by atoms with van der Waals surface area (Å²) in [6, 6.07) is 1.15. The second-order valence-corrected chi connectivity index (χ2v) is 17.0. The summed E-state index contributed by atoms with van der Waals surface area (Å²) in [6.07, 6.45) is 3.56. The topological polar surface area (TPSA) is 311 Å². The number of aromatic nitrogens is 1. The van der Waals surface area contributed by atoms with Crippen molar-refractivity contribution in [1.29, 1.82) is 0 Å². The Morgan fingerprint density at radius 1 is 1.00 bits per heavy atom. The third-order valence-electron chi connectivity index (χ3n) is 10.9. The standard InChI is InChI=1S/C41H67N11O7/c1-24(2)23-41(38(58)59,52(37(57)32(44)40(3,4)5)35(55)27(43)22-25-12-9-14-28-26(25)17-20-48-28)33(53)31-16-11-21-51(31)36(56)30(13-7-8-18-42)50-34(54)29(47-6)15-10-19-49-39(45)46/h9,12,14,17,20,24,27,29-32,47-48H,7-8,10-11,13,15-16,18-19,21-23,42-44H2,1-6H3,(H,50,54)(H,58,59)(H4,45,46,49)/t27-,29-,30-,31-,32+,41+/m0/s1. The fourth-order valence-corrected chi connectivity index (χ4v) is 7.71. The number of carbonyl (C=O) groups excluding carboxylic acids is 5. The summed E-state index contributed by atoms with van der Waals surface area (Å²) in [7, 11) is 1.61. The lowest BCUT2D eigenvalue weighted by Gasteiger charge is -2.44. The second-order valence-electron chi connectivity index (χ2n) is 17.0. The number of aliphatic carboxylic acids is 1. The smallest absolute Gasteiger partial charge is 0.338 e. The summed E-state index contributed by atoms with van der Waals surface area (Å²) in [5, 5.41) is 17.9. The first-order valence-electron chi connectivity index (χ1n) is 20.5. The van der Waals surface area contributed by atoms with E-state index in [0.717, 1.165) is 10.9 Å². The van der Waals surface area contributed by atoms with Crippen LogP contribution < -0.4 is 39.3 Å². The zero-order valence-electron chi connectivity index (χ0n) is 35.5. The summed E-state index contributed by atoms with van der Waals surface area (Å²) in [5.74, 6) is -6.61. The van der Waals surface area contributed by atoms with E-state index in [-0.39, 0.29) is 31.8 Å². The molecule has 14 N–H and O–H groups in total. The van der Waals surface area contributed by atoms with Crippen molar-refractivity contribution in [2.24, 2.45) is 45.0 Å². The van der Waals surface area contributed by atoms with Crippen LogP contribution in [0.15, 0.2) is 35.5 Å². The molecule has 6 atom stereocenters. The van der Waals surface area contributed by atoms with Crippen LogP contribution >= 0.6 is 0 Å². The van der Waals surface area contributed by atoms with Crippen molar-refractivity contribution in [3.05, 3.63) is 36.0 Å². The number of benzene rings is 1. The normalized spacial score (nSPS) is 17.5. The molecule has 328 valence electrons. The van der Waals surface area contributed by atoms with Crippen molar-refractivity contribution in [3.63, 3.8) is 0 Å². The van der Waals surface area contributed by atoms with Gasteiger partial charge in [-0.2, -0.15) is 0 Å². The lowest BCUT2D eigenvalue weighted by atomic mass is 9.77. The summed E-state index contributed by atoms with van der Waals surface area (Å²) >= 11 is 0. The van der Waals surface area contributed by atoms with E-state index in [1.807, 2.05) is 12.1 Å². The van der Waals surface area contributed by atoms with Crippen LogP contribution in [0.25, 0.3) is 10.9 Å². The van der Waals surface area contributed by atoms with Crippen LogP contribution in [0, 0.1) is 11.3 Å². The van der Waals surface area contributed by atoms with E-state index in [0.29, 0.717) is 55.7 Å². The Bertz CT molecular complexity index is 1820. The van der Waals surface area contributed by atoms with Gasteiger partial charge in [0, 0.05) is 30.2 Å². The number of guanidine groups is 1. The number of hydrogen-bond acceptors (Lipinski definition) is 11. The number of H-pyrrole nitrogens is 1. The van der Waals surface area contributed by atoms with Crippen molar-refractivity contribution in [2.45, 2.75) is 128 Å². The van der Waals surface area contributed by atoms with Crippen molar-refractivity contribution in [2.75, 3.05) is 26.7 Å². The molecular formula is C41H67N11O7. The molecule has 1 aliphatic heterocycles. The highest BCUT2D eigenvalue weighted by Gasteiger charge is 2.61. The molecule has 1 aliphatic rings. The van der Waals surface area contributed by atoms with E-state index in [2.05, 4.69) is 20.6 Å². The molecule has 0 spiro atoms. The molecule has 59 heavy (non-hydrogen) atoms. The Morgan fingerprint density at radius 3 is 2.27 bits per heavy atom. The maximum Gasteiger partial charge on any atom is 0.338 e. The molecule has 18 nitrogen and oxygen atoms in total. The molecule has 0 bridgehead atoms. The molecule has 3 rings (SSSR count). The molecule has 0 radical (unpaired) electrons. The molecule has 1 aromatic carbocycles. The number of aliphatic imine (C=N–C) groups is 1. The number of hydrogen-bond donors (Lipinski definition) is 9. The monoisotopic (exact) mass is 826 g/mol. The van der Waals surface area contributed by atoms with Gasteiger partial charge in [-0.05, 0) is 100 Å². The highest BCUT2D eigenvalue weighted by molar-refractivity contribution is 6.18. The van der Waals surface area contributed by atoms with Crippen LogP contribution in [-0.4, -0.2) is 124 Å². The average molecular weight is 826 g/mol. The second kappa shape index (κ2) is 21.4. The number of Topliss-reactive ketones (excluding diaryl/α,β-unsaturated/α-hetero) is 1. The molecule has 2 aromatic rings. The van der Waals surface area contributed by atoms with Gasteiger partial charge in [0.15, 0.2) is 11.7 Å². The number of nitrogens with one attached hydrogen (secondary N) is 3. The number of amides is 4. The van der Waals surface area contributed by atoms with Crippen LogP contribution in [0.5, 0.6) is 0 Å². The van der Waals surface area contributed by atoms with Gasteiger partial charge in [-0.15, -0.1) is 0 Å². The zero-order chi connectivity index (χ0) is 44.2. The minimum absolute atomic E-state index is 0.0498. The SMILES string of the molecule is CN[C@@H](CCCN=C(N)N)C(=O)N[C@@H](CCCCN)C(=O)N1CCC[C@H]1C(=O)[C@](CC(C)C)(C(=O)O)N(C(=O)[C@@H](N)C(C)(C)C)C(=O)[C@@H](N)Cc1cccc2[nH]ccc12. The highest BCUT2D eigenvalue weighted by Crippen LogP contribution is 2.35. The quantitative estimate of drug-likeness (QED) is 0.0338. The molecule has 0 saturated carbocycles. The molecule has 0 unspecified atom stereocenters. The zero-order valence-corrected chi connectivity index (χ0v) is 35.5. The minimum Gasteiger partial charge on any atom is -0.479 e. The number of carbonyl (C=O) groups is 6. The van der Waals surface area contributed by atoms with Gasteiger partial charge in [0.25, 0.3) is 0 Å². The van der Waals surface area contributed by atoms with Crippen molar-refractivity contribution in [3.8, 4) is 0 Å². The first-order chi connectivity index (χ1) is 27.7. The van der Waals surface area contributed by atoms with Gasteiger partial charge < -0.3 is 54.3 Å². The highest BCUT2D eigenvalue weighted by atomic mass is 16.4. The van der Waals surface area contributed by atoms with E-state index in [1.165, 1.54) is 4.90 Å². The van der Waals surface area contributed by atoms with Crippen LogP contribution in [0.1, 0.15) is 91.5 Å². The number of nitrogens with two attached hydrogens (primary N) is 5. The van der Waals surface area contributed by atoms with Gasteiger partial charge in [-0.3, -0.25) is 33.9 Å². The van der Waals surface area contributed by atoms with Gasteiger partial charge in [-0.25, -0.2) is 4.79 Å². The predicted molar refractivity (Wildman–Crippen MR) is 226 cm³/mol. The van der Waals surface area contributed by atoms with Crippen LogP contribution in [0.4, 0.5) is 0 Å². The van der Waals surface area contributed by atoms with E-state index >= 15 is 4.79 Å². The van der Waals surface area contributed by atoms with Gasteiger partial charge in [0.1, 0.15) is 6.04 Å². The fourth-order valence-electron chi connectivity index (χ4n) is 7.71. The molecule has 0 aliphatic carbocycles. The Labute approximate surface area is 346 Å². The van der Waals surface area contributed by atoms with E-state index in [4.69, 9.17) is 28.7 Å². The minimum atomic E-state index is -2.80. The van der Waals surface area contributed by atoms with Gasteiger partial charge >= 0.3 is 5.97 Å². The average Bonchev–Trinajstić information content (AvgIpc) is 3.86. The Morgan fingerprint density at radius 2 is 1.68 bits per heavy atom. The number of carboxylic acid groups (broad SMARTS) is 1. The molecule has 1 aromatic heterocycles. The first kappa shape index (κ1) is 48.5. The number of likely N-dealkylation sites (tertiary alicyclic amines) is 1. The maximum atomic E-state index is 15.3. The molecule has 2 heterocycles. The third-order valence-corrected chi connectivity index (χ3v) is 10.9. The number of carboxylic acids is 1. The number of unbranched alkanes of at least 4 members (excludes halogenated alkanes) is 1. The summed E-state index contributed by atoms with van der Waals surface area (Å²) in [5.41, 5.74) is 27.4. The van der Waals surface area contributed by atoms with Crippen LogP contribution in [-0.2, 0) is 35.2 Å². The number of imide groups is 1. The maximum absolute atomic E-state index is 15.3. The Kier molecular flexibility index (Phi) is 17.6. The Balaban J connectivity index is 2.11. The van der Waals surface area contributed by atoms with E-state index < -0.39 is 88.9 Å². The lowest BCUT2D eigenvalue weighted by Crippen LogP contribution is -2.72. The summed E-state index contributed by atoms with van der Waals surface area (Å²) in [6.45, 7) is 9.03. The van der Waals surface area contributed by atoms with Crippen molar-refractivity contribution < 1.29 is 33.9 Å². The number of aromatic amines is 1. The molecule has 18 heteroatoms. The third kappa shape index (κ3) is 11.9. The lowest BCUT2D eigenvalue weighted by molar-refractivity contribution is -0.175.